The molecule has 0 aliphatic heterocycles. The Bertz CT molecular complexity index is 1390. The molecule has 0 spiro atoms. The fourth-order valence-corrected chi connectivity index (χ4v) is 4.49. The second-order valence-electron chi connectivity index (χ2n) is 6.32. The summed E-state index contributed by atoms with van der Waals surface area (Å²) in [5.74, 6) is 0.649. The third kappa shape index (κ3) is 3.63. The molecule has 5 rings (SSSR count). The molecule has 0 amide bonds. The predicted octanol–water partition coefficient (Wildman–Crippen LogP) is 6.57. The molecule has 0 saturated heterocycles. The van der Waals surface area contributed by atoms with Crippen LogP contribution in [0, 0.1) is 0 Å². The number of ether oxygens (including phenoxy) is 1. The SMILES string of the molecule is COc1cccc2cc(-c3nc(-c4ccc(Cl)cc4)cs3)c(=Nc3nccs3)oc12. The summed E-state index contributed by atoms with van der Waals surface area (Å²) in [4.78, 5) is 13.7. The summed E-state index contributed by atoms with van der Waals surface area (Å²) in [5.41, 5.74) is 3.75. The average Bonchev–Trinajstić information content (AvgIpc) is 3.46. The molecule has 0 saturated carbocycles. The van der Waals surface area contributed by atoms with Gasteiger partial charge in [0.2, 0.25) is 10.7 Å². The Hall–Kier alpha value is -3.00. The van der Waals surface area contributed by atoms with E-state index in [1.54, 1.807) is 13.3 Å². The number of halogens is 1. The van der Waals surface area contributed by atoms with Gasteiger partial charge in [-0.25, -0.2) is 9.97 Å². The average molecular weight is 452 g/mol. The number of methoxy groups -OCH3 is 1. The van der Waals surface area contributed by atoms with Crippen LogP contribution in [0.2, 0.25) is 5.02 Å². The van der Waals surface area contributed by atoms with Crippen molar-refractivity contribution in [1.29, 1.82) is 0 Å². The third-order valence-electron chi connectivity index (χ3n) is 4.45. The third-order valence-corrected chi connectivity index (χ3v) is 6.24. The van der Waals surface area contributed by atoms with Crippen molar-refractivity contribution in [3.05, 3.63) is 76.1 Å². The molecule has 5 aromatic rings. The van der Waals surface area contributed by atoms with Crippen LogP contribution in [0.1, 0.15) is 0 Å². The molecule has 2 aromatic carbocycles. The highest BCUT2D eigenvalue weighted by Crippen LogP contribution is 2.32. The van der Waals surface area contributed by atoms with E-state index < -0.39 is 0 Å². The van der Waals surface area contributed by atoms with Crippen molar-refractivity contribution in [3.63, 3.8) is 0 Å². The van der Waals surface area contributed by atoms with Crippen molar-refractivity contribution in [2.45, 2.75) is 0 Å². The first kappa shape index (κ1) is 19.0. The highest BCUT2D eigenvalue weighted by atomic mass is 35.5. The molecule has 0 radical (unpaired) electrons. The van der Waals surface area contributed by atoms with E-state index in [-0.39, 0.29) is 0 Å². The van der Waals surface area contributed by atoms with Gasteiger partial charge in [-0.3, -0.25) is 0 Å². The largest absolute Gasteiger partial charge is 0.493 e. The molecule has 5 nitrogen and oxygen atoms in total. The van der Waals surface area contributed by atoms with E-state index in [9.17, 15) is 0 Å². The first-order valence-electron chi connectivity index (χ1n) is 8.98. The zero-order valence-corrected chi connectivity index (χ0v) is 18.1. The Kier molecular flexibility index (Phi) is 5.08. The molecule has 0 aliphatic rings. The maximum atomic E-state index is 6.20. The normalized spacial score (nSPS) is 11.9. The fraction of sp³-hybridized carbons (Fsp3) is 0.0455. The van der Waals surface area contributed by atoms with Crippen molar-refractivity contribution in [2.75, 3.05) is 7.11 Å². The summed E-state index contributed by atoms with van der Waals surface area (Å²) in [6.45, 7) is 0. The summed E-state index contributed by atoms with van der Waals surface area (Å²) in [6, 6.07) is 15.4. The maximum Gasteiger partial charge on any atom is 0.232 e. The van der Waals surface area contributed by atoms with Gasteiger partial charge in [0.25, 0.3) is 0 Å². The van der Waals surface area contributed by atoms with E-state index in [0.717, 1.165) is 27.2 Å². The Balaban J connectivity index is 1.71. The topological polar surface area (TPSA) is 60.5 Å². The van der Waals surface area contributed by atoms with E-state index in [1.807, 2.05) is 59.3 Å². The quantitative estimate of drug-likeness (QED) is 0.310. The second kappa shape index (κ2) is 8.02. The highest BCUT2D eigenvalue weighted by Gasteiger charge is 2.14. The van der Waals surface area contributed by atoms with Crippen molar-refractivity contribution in [1.82, 2.24) is 9.97 Å². The van der Waals surface area contributed by atoms with Crippen LogP contribution in [0.4, 0.5) is 5.13 Å². The number of hydrogen-bond acceptors (Lipinski definition) is 7. The number of thiazole rings is 2. The summed E-state index contributed by atoms with van der Waals surface area (Å²) < 4.78 is 11.7. The van der Waals surface area contributed by atoms with Crippen molar-refractivity contribution in [2.24, 2.45) is 4.99 Å². The zero-order chi connectivity index (χ0) is 20.5. The lowest BCUT2D eigenvalue weighted by Crippen LogP contribution is -2.05. The number of rotatable bonds is 4. The number of fused-ring (bicyclic) bond motifs is 1. The molecule has 30 heavy (non-hydrogen) atoms. The standard InChI is InChI=1S/C22H14ClN3O2S2/c1-27-18-4-2-3-14-11-16(20(28-19(14)18)26-22-24-9-10-29-22)21-25-17(12-30-21)13-5-7-15(23)8-6-13/h2-12H,1H3. The van der Waals surface area contributed by atoms with Crippen LogP contribution in [0.5, 0.6) is 5.75 Å². The summed E-state index contributed by atoms with van der Waals surface area (Å²) in [6.07, 6.45) is 1.72. The maximum absolute atomic E-state index is 6.20. The van der Waals surface area contributed by atoms with E-state index in [2.05, 4.69) is 9.98 Å². The lowest BCUT2D eigenvalue weighted by atomic mass is 10.1. The number of aromatic nitrogens is 2. The second-order valence-corrected chi connectivity index (χ2v) is 8.48. The number of nitrogens with zero attached hydrogens (tertiary/aromatic N) is 3. The van der Waals surface area contributed by atoms with Crippen LogP contribution in [0.15, 0.2) is 74.9 Å². The van der Waals surface area contributed by atoms with Crippen LogP contribution in [0.25, 0.3) is 32.8 Å². The molecule has 0 fully saturated rings. The van der Waals surface area contributed by atoms with Crippen LogP contribution >= 0.6 is 34.3 Å². The van der Waals surface area contributed by atoms with Crippen molar-refractivity contribution < 1.29 is 9.15 Å². The first-order valence-corrected chi connectivity index (χ1v) is 11.1. The van der Waals surface area contributed by atoms with Gasteiger partial charge in [-0.1, -0.05) is 35.9 Å². The van der Waals surface area contributed by atoms with Gasteiger partial charge >= 0.3 is 0 Å². The number of benzene rings is 2. The van der Waals surface area contributed by atoms with Gasteiger partial charge in [-0.2, -0.15) is 4.99 Å². The minimum atomic E-state index is 0.443. The van der Waals surface area contributed by atoms with E-state index in [1.165, 1.54) is 22.7 Å². The van der Waals surface area contributed by atoms with Crippen molar-refractivity contribution >= 4 is 50.4 Å². The van der Waals surface area contributed by atoms with Gasteiger partial charge in [0.1, 0.15) is 5.01 Å². The minimum Gasteiger partial charge on any atom is -0.493 e. The first-order chi connectivity index (χ1) is 14.7. The fourth-order valence-electron chi connectivity index (χ4n) is 3.03. The Morgan fingerprint density at radius 2 is 1.97 bits per heavy atom. The van der Waals surface area contributed by atoms with E-state index in [4.69, 9.17) is 25.7 Å². The molecule has 0 unspecified atom stereocenters. The Labute approximate surface area is 184 Å². The summed E-state index contributed by atoms with van der Waals surface area (Å²) in [5, 5.41) is 6.92. The Morgan fingerprint density at radius 1 is 1.10 bits per heavy atom. The molecule has 0 N–H and O–H groups in total. The van der Waals surface area contributed by atoms with E-state index in [0.29, 0.717) is 27.0 Å². The van der Waals surface area contributed by atoms with Gasteiger partial charge in [0.05, 0.1) is 18.4 Å². The molecule has 0 aliphatic carbocycles. The molecule has 0 bridgehead atoms. The monoisotopic (exact) mass is 451 g/mol. The van der Waals surface area contributed by atoms with Gasteiger partial charge in [-0.15, -0.1) is 22.7 Å². The number of para-hydroxylation sites is 1. The molecular weight excluding hydrogens is 438 g/mol. The molecule has 8 heteroatoms. The van der Waals surface area contributed by atoms with E-state index >= 15 is 0 Å². The predicted molar refractivity (Wildman–Crippen MR) is 122 cm³/mol. The lowest BCUT2D eigenvalue weighted by Gasteiger charge is -2.06. The van der Waals surface area contributed by atoms with Crippen LogP contribution in [0.3, 0.4) is 0 Å². The molecular formula is C22H14ClN3O2S2. The molecule has 3 aromatic heterocycles. The Morgan fingerprint density at radius 3 is 2.73 bits per heavy atom. The smallest absolute Gasteiger partial charge is 0.232 e. The molecule has 148 valence electrons. The van der Waals surface area contributed by atoms with Gasteiger partial charge in [0, 0.05) is 32.9 Å². The lowest BCUT2D eigenvalue weighted by molar-refractivity contribution is 0.406. The highest BCUT2D eigenvalue weighted by molar-refractivity contribution is 7.13. The zero-order valence-electron chi connectivity index (χ0n) is 15.7. The number of hydrogen-bond donors (Lipinski definition) is 0. The van der Waals surface area contributed by atoms with Crippen LogP contribution in [-0.4, -0.2) is 17.1 Å². The molecule has 0 atom stereocenters. The van der Waals surface area contributed by atoms with Crippen molar-refractivity contribution in [3.8, 4) is 27.6 Å². The summed E-state index contributed by atoms with van der Waals surface area (Å²) >= 11 is 8.99. The van der Waals surface area contributed by atoms with Gasteiger partial charge in [0.15, 0.2) is 11.3 Å². The molecule has 3 heterocycles. The van der Waals surface area contributed by atoms with Gasteiger partial charge in [-0.05, 0) is 24.3 Å². The van der Waals surface area contributed by atoms with Crippen LogP contribution < -0.4 is 10.3 Å². The minimum absolute atomic E-state index is 0.443. The van der Waals surface area contributed by atoms with Crippen LogP contribution in [-0.2, 0) is 0 Å². The summed E-state index contributed by atoms with van der Waals surface area (Å²) in [7, 11) is 1.62. The van der Waals surface area contributed by atoms with Gasteiger partial charge < -0.3 is 9.15 Å².